The van der Waals surface area contributed by atoms with Crippen molar-refractivity contribution in [2.24, 2.45) is 0 Å². The maximum Gasteiger partial charge on any atom is 0.373 e. The maximum atomic E-state index is 12.8. The highest BCUT2D eigenvalue weighted by Crippen LogP contribution is 2.34. The number of nitrogens with zero attached hydrogens (tertiary/aromatic N) is 1. The molecule has 7 nitrogen and oxygen atoms in total. The van der Waals surface area contributed by atoms with Crippen LogP contribution < -0.4 is 15.0 Å². The van der Waals surface area contributed by atoms with Gasteiger partial charge >= 0.3 is 12.0 Å². The van der Waals surface area contributed by atoms with Gasteiger partial charge in [0, 0.05) is 24.8 Å². The number of benzene rings is 3. The average Bonchev–Trinajstić information content (AvgIpc) is 2.97. The van der Waals surface area contributed by atoms with Crippen LogP contribution in [0.2, 0.25) is 0 Å². The van der Waals surface area contributed by atoms with E-state index in [-0.39, 0.29) is 11.8 Å². The highest BCUT2D eigenvalue weighted by molar-refractivity contribution is 5.93. The average molecular weight is 531 g/mol. The Kier molecular flexibility index (Phi) is 11.4. The van der Waals surface area contributed by atoms with Crippen molar-refractivity contribution >= 4 is 23.8 Å². The maximum absolute atomic E-state index is 12.8. The van der Waals surface area contributed by atoms with Gasteiger partial charge in [0.25, 0.3) is 0 Å². The van der Waals surface area contributed by atoms with E-state index in [0.29, 0.717) is 25.5 Å². The number of methoxy groups -OCH3 is 1. The zero-order valence-corrected chi connectivity index (χ0v) is 23.2. The molecule has 0 saturated carbocycles. The van der Waals surface area contributed by atoms with Gasteiger partial charge in [-0.05, 0) is 60.7 Å². The van der Waals surface area contributed by atoms with E-state index in [1.165, 1.54) is 12.7 Å². The standard InChI is InChI=1S/C32H38N2O5/c1-5-7-20-39-29-21-25(22-30(38-6-2)31(35)37-4)16-17-28(29)26-14-11-15-27(23-26)34(3)32(36)33-19-18-24-12-9-8-10-13-24/h8-17,21-23H,5-7,18-20H2,1-4H3,(H,33,36). The monoisotopic (exact) mass is 530 g/mol. The van der Waals surface area contributed by atoms with Crippen molar-refractivity contribution < 1.29 is 23.8 Å². The minimum absolute atomic E-state index is 0.133. The van der Waals surface area contributed by atoms with Gasteiger partial charge in [0.1, 0.15) is 5.75 Å². The van der Waals surface area contributed by atoms with Crippen LogP contribution in [0.3, 0.4) is 0 Å². The van der Waals surface area contributed by atoms with E-state index in [4.69, 9.17) is 14.2 Å². The fourth-order valence-electron chi connectivity index (χ4n) is 3.96. The molecule has 0 fully saturated rings. The Morgan fingerprint density at radius 1 is 0.974 bits per heavy atom. The van der Waals surface area contributed by atoms with E-state index >= 15 is 0 Å². The molecular formula is C32H38N2O5. The summed E-state index contributed by atoms with van der Waals surface area (Å²) in [6.07, 6.45) is 4.33. The van der Waals surface area contributed by atoms with Crippen LogP contribution >= 0.6 is 0 Å². The molecule has 0 saturated heterocycles. The third-order valence-electron chi connectivity index (χ3n) is 6.13. The Morgan fingerprint density at radius 3 is 2.49 bits per heavy atom. The second-order valence-corrected chi connectivity index (χ2v) is 8.97. The predicted octanol–water partition coefficient (Wildman–Crippen LogP) is 6.47. The summed E-state index contributed by atoms with van der Waals surface area (Å²) < 4.78 is 16.5. The van der Waals surface area contributed by atoms with E-state index in [1.54, 1.807) is 18.0 Å². The largest absolute Gasteiger partial charge is 0.493 e. The molecule has 39 heavy (non-hydrogen) atoms. The molecule has 0 aliphatic heterocycles. The first kappa shape index (κ1) is 29.3. The molecule has 3 aromatic rings. The first-order valence-electron chi connectivity index (χ1n) is 13.3. The lowest BCUT2D eigenvalue weighted by Crippen LogP contribution is -2.38. The van der Waals surface area contributed by atoms with Gasteiger partial charge in [-0.2, -0.15) is 0 Å². The van der Waals surface area contributed by atoms with E-state index in [1.807, 2.05) is 79.7 Å². The number of rotatable bonds is 13. The first-order valence-corrected chi connectivity index (χ1v) is 13.3. The lowest BCUT2D eigenvalue weighted by Gasteiger charge is -2.20. The quantitative estimate of drug-likeness (QED) is 0.119. The van der Waals surface area contributed by atoms with Crippen molar-refractivity contribution in [2.45, 2.75) is 33.1 Å². The molecule has 0 radical (unpaired) electrons. The SMILES string of the molecule is CCCCOc1cc(C=C(OCC)C(=O)OC)ccc1-c1cccc(N(C)C(=O)NCCc2ccccc2)c1. The van der Waals surface area contributed by atoms with Crippen molar-refractivity contribution in [3.8, 4) is 16.9 Å². The third-order valence-corrected chi connectivity index (χ3v) is 6.13. The Morgan fingerprint density at radius 2 is 1.77 bits per heavy atom. The molecule has 0 bridgehead atoms. The number of anilines is 1. The summed E-state index contributed by atoms with van der Waals surface area (Å²) in [5, 5.41) is 2.99. The second kappa shape index (κ2) is 15.2. The van der Waals surface area contributed by atoms with E-state index in [9.17, 15) is 9.59 Å². The number of nitrogens with one attached hydrogen (secondary N) is 1. The van der Waals surface area contributed by atoms with Gasteiger partial charge in [-0.3, -0.25) is 4.90 Å². The van der Waals surface area contributed by atoms with Crippen LogP contribution in [0.4, 0.5) is 10.5 Å². The second-order valence-electron chi connectivity index (χ2n) is 8.97. The number of hydrogen-bond acceptors (Lipinski definition) is 5. The molecule has 0 spiro atoms. The Bertz CT molecular complexity index is 1260. The third kappa shape index (κ3) is 8.64. The molecule has 3 rings (SSSR count). The van der Waals surface area contributed by atoms with Crippen molar-refractivity contribution in [1.82, 2.24) is 5.32 Å². The van der Waals surface area contributed by atoms with Crippen LogP contribution in [-0.4, -0.2) is 45.9 Å². The summed E-state index contributed by atoms with van der Waals surface area (Å²) in [6, 6.07) is 23.4. The zero-order chi connectivity index (χ0) is 28.0. The summed E-state index contributed by atoms with van der Waals surface area (Å²) in [4.78, 5) is 26.5. The molecule has 206 valence electrons. The number of carbonyl (C=O) groups excluding carboxylic acids is 2. The molecule has 0 unspecified atom stereocenters. The van der Waals surface area contributed by atoms with Crippen LogP contribution in [-0.2, 0) is 20.7 Å². The van der Waals surface area contributed by atoms with Crippen molar-refractivity contribution in [2.75, 3.05) is 38.8 Å². The van der Waals surface area contributed by atoms with Gasteiger partial charge in [-0.15, -0.1) is 0 Å². The molecule has 0 aromatic heterocycles. The normalized spacial score (nSPS) is 11.0. The molecule has 1 N–H and O–H groups in total. The Hall–Kier alpha value is -4.26. The molecule has 0 aliphatic rings. The van der Waals surface area contributed by atoms with Crippen LogP contribution in [0.25, 0.3) is 17.2 Å². The Labute approximate surface area is 231 Å². The minimum atomic E-state index is -0.535. The summed E-state index contributed by atoms with van der Waals surface area (Å²) in [5.74, 6) is 0.284. The molecule has 2 amide bonds. The number of hydrogen-bond donors (Lipinski definition) is 1. The van der Waals surface area contributed by atoms with Gasteiger partial charge in [0.15, 0.2) is 0 Å². The number of carbonyl (C=O) groups is 2. The van der Waals surface area contributed by atoms with E-state index < -0.39 is 5.97 Å². The summed E-state index contributed by atoms with van der Waals surface area (Å²) >= 11 is 0. The first-order chi connectivity index (χ1) is 19.0. The van der Waals surface area contributed by atoms with Crippen LogP contribution in [0.15, 0.2) is 78.6 Å². The number of ether oxygens (including phenoxy) is 3. The van der Waals surface area contributed by atoms with Crippen molar-refractivity contribution in [3.05, 3.63) is 89.7 Å². The van der Waals surface area contributed by atoms with Gasteiger partial charge in [-0.1, -0.05) is 67.9 Å². The van der Waals surface area contributed by atoms with Gasteiger partial charge in [0.05, 0.1) is 20.3 Å². The van der Waals surface area contributed by atoms with Crippen molar-refractivity contribution in [3.63, 3.8) is 0 Å². The molecule has 0 aliphatic carbocycles. The van der Waals surface area contributed by atoms with Crippen LogP contribution in [0.5, 0.6) is 5.75 Å². The Balaban J connectivity index is 1.82. The summed E-state index contributed by atoms with van der Waals surface area (Å²) in [5.41, 5.74) is 4.49. The van der Waals surface area contributed by atoms with E-state index in [2.05, 4.69) is 12.2 Å². The lowest BCUT2D eigenvalue weighted by atomic mass is 10.0. The molecule has 0 heterocycles. The molecule has 7 heteroatoms. The molecule has 3 aromatic carbocycles. The summed E-state index contributed by atoms with van der Waals surface area (Å²) in [7, 11) is 3.08. The smallest absolute Gasteiger partial charge is 0.373 e. The molecule has 0 atom stereocenters. The zero-order valence-electron chi connectivity index (χ0n) is 23.2. The van der Waals surface area contributed by atoms with Crippen LogP contribution in [0.1, 0.15) is 37.8 Å². The molecular weight excluding hydrogens is 492 g/mol. The number of unbranched alkanes of at least 4 members (excludes halogenated alkanes) is 1. The fourth-order valence-corrected chi connectivity index (χ4v) is 3.96. The number of urea groups is 1. The van der Waals surface area contributed by atoms with Gasteiger partial charge < -0.3 is 19.5 Å². The van der Waals surface area contributed by atoms with Gasteiger partial charge in [-0.25, -0.2) is 9.59 Å². The predicted molar refractivity (Wildman–Crippen MR) is 156 cm³/mol. The number of esters is 1. The van der Waals surface area contributed by atoms with Crippen LogP contribution in [0, 0.1) is 0 Å². The fraction of sp³-hybridized carbons (Fsp3) is 0.312. The highest BCUT2D eigenvalue weighted by Gasteiger charge is 2.15. The topological polar surface area (TPSA) is 77.1 Å². The summed E-state index contributed by atoms with van der Waals surface area (Å²) in [6.45, 7) is 5.38. The highest BCUT2D eigenvalue weighted by atomic mass is 16.6. The van der Waals surface area contributed by atoms with Gasteiger partial charge in [0.2, 0.25) is 5.76 Å². The number of amides is 2. The lowest BCUT2D eigenvalue weighted by molar-refractivity contribution is -0.139. The van der Waals surface area contributed by atoms with Crippen molar-refractivity contribution in [1.29, 1.82) is 0 Å². The minimum Gasteiger partial charge on any atom is -0.493 e. The van der Waals surface area contributed by atoms with E-state index in [0.717, 1.165) is 41.6 Å².